The standard InChI is InChI=1S/C25H18N4O2S/c1-15(30)26-17-11-12-21-23(13-17)32-25(28-21)29-24(31)19-14-22(16-7-3-2-4-8-16)27-20-10-6-5-9-18(19)20/h2-14H,1H3,(H,26,30)(H,28,29,31). The molecule has 0 spiro atoms. The maximum atomic E-state index is 13.3. The van der Waals surface area contributed by atoms with Crippen LogP contribution in [0.1, 0.15) is 17.3 Å². The molecule has 0 aliphatic heterocycles. The summed E-state index contributed by atoms with van der Waals surface area (Å²) in [6, 6.07) is 24.7. The number of carbonyl (C=O) groups is 2. The third kappa shape index (κ3) is 3.93. The normalized spacial score (nSPS) is 10.9. The van der Waals surface area contributed by atoms with Gasteiger partial charge in [0.1, 0.15) is 0 Å². The van der Waals surface area contributed by atoms with Gasteiger partial charge in [-0.05, 0) is 30.3 Å². The third-order valence-corrected chi connectivity index (χ3v) is 5.89. The average Bonchev–Trinajstić information content (AvgIpc) is 3.20. The Hall–Kier alpha value is -4.10. The summed E-state index contributed by atoms with van der Waals surface area (Å²) >= 11 is 1.36. The van der Waals surface area contributed by atoms with E-state index in [2.05, 4.69) is 15.6 Å². The Kier molecular flexibility index (Phi) is 5.09. The number of carbonyl (C=O) groups excluding carboxylic acids is 2. The highest BCUT2D eigenvalue weighted by molar-refractivity contribution is 7.22. The maximum absolute atomic E-state index is 13.3. The molecule has 5 rings (SSSR count). The number of hydrogen-bond donors (Lipinski definition) is 2. The zero-order valence-corrected chi connectivity index (χ0v) is 17.9. The Labute approximate surface area is 188 Å². The molecule has 6 nitrogen and oxygen atoms in total. The molecule has 5 aromatic rings. The molecule has 0 fully saturated rings. The molecule has 0 atom stereocenters. The minimum atomic E-state index is -0.248. The molecule has 0 aliphatic carbocycles. The molecule has 2 aromatic heterocycles. The molecule has 0 radical (unpaired) electrons. The van der Waals surface area contributed by atoms with Crippen molar-refractivity contribution in [2.45, 2.75) is 6.92 Å². The molecule has 156 valence electrons. The fraction of sp³-hybridized carbons (Fsp3) is 0.0400. The summed E-state index contributed by atoms with van der Waals surface area (Å²) in [4.78, 5) is 33.8. The Morgan fingerprint density at radius 2 is 1.59 bits per heavy atom. The number of rotatable bonds is 4. The van der Waals surface area contributed by atoms with E-state index < -0.39 is 0 Å². The summed E-state index contributed by atoms with van der Waals surface area (Å²) < 4.78 is 0.871. The van der Waals surface area contributed by atoms with Gasteiger partial charge in [-0.3, -0.25) is 14.9 Å². The zero-order valence-electron chi connectivity index (χ0n) is 17.1. The molecule has 32 heavy (non-hydrogen) atoms. The van der Waals surface area contributed by atoms with E-state index in [0.29, 0.717) is 16.4 Å². The number of pyridine rings is 1. The Bertz CT molecular complexity index is 1480. The summed E-state index contributed by atoms with van der Waals surface area (Å²) in [5.74, 6) is -0.386. The first kappa shape index (κ1) is 19.8. The summed E-state index contributed by atoms with van der Waals surface area (Å²) in [6.45, 7) is 1.46. The predicted molar refractivity (Wildman–Crippen MR) is 129 cm³/mol. The lowest BCUT2D eigenvalue weighted by Crippen LogP contribution is -2.13. The molecular formula is C25H18N4O2S. The van der Waals surface area contributed by atoms with Crippen LogP contribution in [0.15, 0.2) is 78.9 Å². The first-order valence-corrected chi connectivity index (χ1v) is 10.8. The second-order valence-electron chi connectivity index (χ2n) is 7.28. The van der Waals surface area contributed by atoms with Crippen molar-refractivity contribution in [1.29, 1.82) is 0 Å². The highest BCUT2D eigenvalue weighted by Crippen LogP contribution is 2.30. The summed E-state index contributed by atoms with van der Waals surface area (Å²) in [5, 5.41) is 6.96. The first-order valence-electron chi connectivity index (χ1n) is 10.0. The molecule has 0 aliphatic rings. The molecule has 0 saturated heterocycles. The van der Waals surface area contributed by atoms with E-state index in [4.69, 9.17) is 4.98 Å². The lowest BCUT2D eigenvalue weighted by atomic mass is 10.0. The number of nitrogens with zero attached hydrogens (tertiary/aromatic N) is 2. The quantitative estimate of drug-likeness (QED) is 0.376. The van der Waals surface area contributed by atoms with Gasteiger partial charge in [-0.15, -0.1) is 0 Å². The fourth-order valence-electron chi connectivity index (χ4n) is 3.54. The maximum Gasteiger partial charge on any atom is 0.258 e. The van der Waals surface area contributed by atoms with Crippen LogP contribution in [0.3, 0.4) is 0 Å². The molecule has 2 N–H and O–H groups in total. The van der Waals surface area contributed by atoms with Gasteiger partial charge in [0.15, 0.2) is 5.13 Å². The monoisotopic (exact) mass is 438 g/mol. The van der Waals surface area contributed by atoms with Crippen LogP contribution in [-0.4, -0.2) is 21.8 Å². The van der Waals surface area contributed by atoms with E-state index in [9.17, 15) is 9.59 Å². The molecule has 0 bridgehead atoms. The van der Waals surface area contributed by atoms with Gasteiger partial charge in [-0.2, -0.15) is 0 Å². The molecule has 0 saturated carbocycles. The number of nitrogens with one attached hydrogen (secondary N) is 2. The number of fused-ring (bicyclic) bond motifs is 2. The van der Waals surface area contributed by atoms with Crippen LogP contribution in [0.5, 0.6) is 0 Å². The largest absolute Gasteiger partial charge is 0.326 e. The van der Waals surface area contributed by atoms with E-state index >= 15 is 0 Å². The van der Waals surface area contributed by atoms with Crippen molar-refractivity contribution < 1.29 is 9.59 Å². The highest BCUT2D eigenvalue weighted by atomic mass is 32.1. The topological polar surface area (TPSA) is 84.0 Å². The minimum absolute atomic E-state index is 0.138. The number of anilines is 2. The first-order chi connectivity index (χ1) is 15.6. The van der Waals surface area contributed by atoms with Crippen molar-refractivity contribution in [3.8, 4) is 11.3 Å². The fourth-order valence-corrected chi connectivity index (χ4v) is 4.44. The second-order valence-corrected chi connectivity index (χ2v) is 8.31. The highest BCUT2D eigenvalue weighted by Gasteiger charge is 2.16. The van der Waals surface area contributed by atoms with Crippen LogP contribution in [-0.2, 0) is 4.79 Å². The van der Waals surface area contributed by atoms with E-state index in [1.54, 1.807) is 6.07 Å². The van der Waals surface area contributed by atoms with Crippen LogP contribution in [0.25, 0.3) is 32.4 Å². The SMILES string of the molecule is CC(=O)Nc1ccc2nc(NC(=O)c3cc(-c4ccccc4)nc4ccccc34)sc2c1. The van der Waals surface area contributed by atoms with Crippen LogP contribution in [0, 0.1) is 0 Å². The number of thiazole rings is 1. The molecule has 2 heterocycles. The summed E-state index contributed by atoms with van der Waals surface area (Å²) in [6.07, 6.45) is 0. The van der Waals surface area contributed by atoms with E-state index in [1.165, 1.54) is 18.3 Å². The van der Waals surface area contributed by atoms with Gasteiger partial charge in [0.2, 0.25) is 5.91 Å². The van der Waals surface area contributed by atoms with Crippen molar-refractivity contribution >= 4 is 55.1 Å². The van der Waals surface area contributed by atoms with Crippen LogP contribution < -0.4 is 10.6 Å². The number of aromatic nitrogens is 2. The molecular weight excluding hydrogens is 420 g/mol. The summed E-state index contributed by atoms with van der Waals surface area (Å²) in [5.41, 5.74) is 4.41. The molecule has 7 heteroatoms. The van der Waals surface area contributed by atoms with Gasteiger partial charge in [0, 0.05) is 23.6 Å². The van der Waals surface area contributed by atoms with Gasteiger partial charge in [0.25, 0.3) is 5.91 Å². The van der Waals surface area contributed by atoms with Crippen molar-refractivity contribution in [2.75, 3.05) is 10.6 Å². The lowest BCUT2D eigenvalue weighted by Gasteiger charge is -2.09. The lowest BCUT2D eigenvalue weighted by molar-refractivity contribution is -0.114. The Morgan fingerprint density at radius 3 is 2.41 bits per heavy atom. The van der Waals surface area contributed by atoms with Gasteiger partial charge < -0.3 is 5.32 Å². The second kappa shape index (κ2) is 8.20. The van der Waals surface area contributed by atoms with Crippen molar-refractivity contribution in [3.63, 3.8) is 0 Å². The summed E-state index contributed by atoms with van der Waals surface area (Å²) in [7, 11) is 0. The van der Waals surface area contributed by atoms with Crippen LogP contribution >= 0.6 is 11.3 Å². The van der Waals surface area contributed by atoms with E-state index in [0.717, 1.165) is 32.4 Å². The molecule has 3 aromatic carbocycles. The van der Waals surface area contributed by atoms with E-state index in [-0.39, 0.29) is 11.8 Å². The number of amides is 2. The Morgan fingerprint density at radius 1 is 0.812 bits per heavy atom. The van der Waals surface area contributed by atoms with Crippen molar-refractivity contribution in [2.24, 2.45) is 0 Å². The van der Waals surface area contributed by atoms with Gasteiger partial charge in [0.05, 0.1) is 27.0 Å². The number of hydrogen-bond acceptors (Lipinski definition) is 5. The van der Waals surface area contributed by atoms with Crippen LogP contribution in [0.2, 0.25) is 0 Å². The molecule has 2 amide bonds. The number of para-hydroxylation sites is 1. The van der Waals surface area contributed by atoms with Crippen molar-refractivity contribution in [1.82, 2.24) is 9.97 Å². The zero-order chi connectivity index (χ0) is 22.1. The molecule has 0 unspecified atom stereocenters. The Balaban J connectivity index is 1.51. The van der Waals surface area contributed by atoms with Crippen molar-refractivity contribution in [3.05, 3.63) is 84.4 Å². The smallest absolute Gasteiger partial charge is 0.258 e. The van der Waals surface area contributed by atoms with Gasteiger partial charge in [-0.1, -0.05) is 59.9 Å². The average molecular weight is 439 g/mol. The number of benzene rings is 3. The third-order valence-electron chi connectivity index (χ3n) is 4.96. The minimum Gasteiger partial charge on any atom is -0.326 e. The van der Waals surface area contributed by atoms with Gasteiger partial charge >= 0.3 is 0 Å². The predicted octanol–water partition coefficient (Wildman–Crippen LogP) is 5.72. The van der Waals surface area contributed by atoms with Gasteiger partial charge in [-0.25, -0.2) is 9.97 Å². The van der Waals surface area contributed by atoms with Crippen LogP contribution in [0.4, 0.5) is 10.8 Å². The van der Waals surface area contributed by atoms with E-state index in [1.807, 2.05) is 72.8 Å².